The number of hydrogen-bond acceptors (Lipinski definition) is 19. The van der Waals surface area contributed by atoms with Crippen LogP contribution in [0.25, 0.3) is 45.0 Å². The summed E-state index contributed by atoms with van der Waals surface area (Å²) in [4.78, 5) is 101. The van der Waals surface area contributed by atoms with E-state index < -0.39 is 17.6 Å². The van der Waals surface area contributed by atoms with Crippen molar-refractivity contribution >= 4 is 99.2 Å². The minimum Gasteiger partial charge on any atom is -0.323 e. The first-order valence-electron chi connectivity index (χ1n) is 38.6. The number of terminal acetylenes is 1. The molecule has 0 aliphatic carbocycles. The number of hydrogen-bond donors (Lipinski definition) is 9. The maximum atomic E-state index is 13.2. The molecule has 5 aromatic heterocycles. The predicted molar refractivity (Wildman–Crippen MR) is 466 cm³/mol. The van der Waals surface area contributed by atoms with E-state index in [1.807, 2.05) is 196 Å². The number of rotatable bonds is 20. The molecule has 0 radical (unpaired) electrons. The van der Waals surface area contributed by atoms with Crippen molar-refractivity contribution in [3.8, 4) is 46.6 Å². The summed E-state index contributed by atoms with van der Waals surface area (Å²) < 4.78 is 19.3. The lowest BCUT2D eigenvalue weighted by Crippen LogP contribution is -2.43. The van der Waals surface area contributed by atoms with Gasteiger partial charge in [0, 0.05) is 44.5 Å². The van der Waals surface area contributed by atoms with Crippen LogP contribution in [-0.2, 0) is 4.79 Å². The molecule has 0 spiro atoms. The Labute approximate surface area is 703 Å². The molecule has 6 amide bonds. The topological polar surface area (TPSA) is 385 Å². The second kappa shape index (κ2) is 39.6. The summed E-state index contributed by atoms with van der Waals surface area (Å²) in [5, 5.41) is 46.7. The average Bonchev–Trinajstić information content (AvgIpc) is 1.50. The van der Waals surface area contributed by atoms with Crippen LogP contribution in [0.1, 0.15) is 87.7 Å². The number of amides is 6. The highest BCUT2D eigenvalue weighted by Gasteiger charge is 2.26. The third kappa shape index (κ3) is 21.1. The molecule has 0 bridgehead atoms. The van der Waals surface area contributed by atoms with Gasteiger partial charge in [0.25, 0.3) is 47.4 Å². The summed E-state index contributed by atoms with van der Waals surface area (Å²) in [6.45, 7) is 4.56. The van der Waals surface area contributed by atoms with E-state index in [4.69, 9.17) is 12.0 Å². The van der Waals surface area contributed by atoms with Crippen LogP contribution in [0.4, 0.5) is 57.4 Å². The Hall–Kier alpha value is -17.2. The number of aromatic nitrogens is 13. The summed E-state index contributed by atoms with van der Waals surface area (Å²) in [6.07, 6.45) is 9.33. The first kappa shape index (κ1) is 82.3. The van der Waals surface area contributed by atoms with Crippen molar-refractivity contribution in [2.45, 2.75) is 39.2 Å². The van der Waals surface area contributed by atoms with E-state index in [1.54, 1.807) is 83.5 Å². The van der Waals surface area contributed by atoms with Gasteiger partial charge in [-0.15, -0.1) is 26.8 Å². The van der Waals surface area contributed by atoms with E-state index in [9.17, 15) is 33.2 Å². The summed E-state index contributed by atoms with van der Waals surface area (Å²) in [5.74, 6) is 1.95. The van der Waals surface area contributed by atoms with Gasteiger partial charge >= 0.3 is 0 Å². The fraction of sp³-hybridized carbons (Fsp3) is 0.0761. The molecule has 9 N–H and O–H groups in total. The van der Waals surface area contributed by atoms with Crippen molar-refractivity contribution in [3.63, 3.8) is 0 Å². The maximum absolute atomic E-state index is 13.2. The van der Waals surface area contributed by atoms with Crippen molar-refractivity contribution in [2.24, 2.45) is 5.11 Å². The predicted octanol–water partition coefficient (Wildman–Crippen LogP) is 16.3. The lowest BCUT2D eigenvalue weighted by Gasteiger charge is -2.21. The van der Waals surface area contributed by atoms with Gasteiger partial charge in [0.1, 0.15) is 17.0 Å². The Kier molecular flexibility index (Phi) is 26.5. The van der Waals surface area contributed by atoms with Gasteiger partial charge in [-0.3, -0.25) is 60.7 Å². The lowest BCUT2D eigenvalue weighted by atomic mass is 10.0. The number of para-hydroxylation sites is 4. The Morgan fingerprint density at radius 1 is 0.447 bits per heavy atom. The molecule has 123 heavy (non-hydrogen) atoms. The van der Waals surface area contributed by atoms with Crippen molar-refractivity contribution in [3.05, 3.63) is 360 Å². The van der Waals surface area contributed by atoms with Crippen molar-refractivity contribution in [2.75, 3.05) is 43.8 Å². The standard InChI is InChI=1S/C25H19N5O.C24H16N8O2.C22H24N6O2.C21H16FN5O/c31-23(19-11-3-1-4-12-19)27-24-28-25(30(29-24)20-14-5-2-6-15-20)26-22-17-9-13-18-10-7-8-16-21(18)22;1-2-16-8-10-17(11-9-16)22(34)27-24-28-23(30-32(24)20-6-4-3-5-7-20)26-21(33)18-12-14-19(15-13-18)29-31-25;1-15-9-5-6-12-17(15)19(29)25-22-26-21(24-20(30)18-13-7-8-14-23-18)27-28(22)16-10-3-2-4-11-16;1-14-7-5-6-10-17(14)20(28)25-21-24-19(18-12-11-15(22)13-23-18)26-27(21)16-8-3-2-4-9-16/h1-17H,(H2,26,27,28,29,31);1,3-15H,(H2-,25,26,27,28,29,30,33,34);2-6,9-12,18,23H,7-8,13-14H2,1H3,(H2,24,25,26,27,29,30);2-13H,1H3,(H,24,25,26,28)/p+1. The lowest BCUT2D eigenvalue weighted by molar-refractivity contribution is -0.118. The van der Waals surface area contributed by atoms with Crippen molar-refractivity contribution in [1.82, 2.24) is 74.3 Å². The van der Waals surface area contributed by atoms with Gasteiger partial charge < -0.3 is 10.6 Å². The largest absolute Gasteiger partial charge is 0.323 e. The third-order valence-electron chi connectivity index (χ3n) is 18.8. The van der Waals surface area contributed by atoms with Crippen LogP contribution in [-0.4, -0.2) is 112 Å². The molecule has 16 aromatic rings. The SMILES string of the molecule is C#Cc1ccc(C(=O)Nc2nc(NC(=O)c3ccc(N=[N+]=N)cc3)nn2-c2ccccc2)cc1.Cc1ccccc1C(=O)Nc1nc(-c2ccc(F)cn2)nn1-c1ccccc1.Cc1ccccc1C(=O)Nc1nc(NC(=O)C2CCCCN2)nn1-c1ccccc1.O=C(Nc1nc(Nc2cccc3ccccc23)n(-c2ccccc2)n1)c1ccccc1. The van der Waals surface area contributed by atoms with Crippen LogP contribution in [0.2, 0.25) is 0 Å². The quantitative estimate of drug-likeness (QED) is 0.0194. The molecule has 17 rings (SSSR count). The van der Waals surface area contributed by atoms with E-state index in [-0.39, 0.29) is 71.2 Å². The van der Waals surface area contributed by atoms with Crippen LogP contribution >= 0.6 is 0 Å². The summed E-state index contributed by atoms with van der Waals surface area (Å²) >= 11 is 0. The van der Waals surface area contributed by atoms with Crippen molar-refractivity contribution in [1.29, 1.82) is 5.53 Å². The Morgan fingerprint density at radius 3 is 1.37 bits per heavy atom. The van der Waals surface area contributed by atoms with E-state index in [1.165, 1.54) is 38.3 Å². The molecule has 11 aromatic carbocycles. The van der Waals surface area contributed by atoms with Crippen molar-refractivity contribution < 1.29 is 33.2 Å². The monoisotopic (exact) mass is 1630 g/mol. The number of fused-ring (bicyclic) bond motifs is 1. The number of carbonyl (C=O) groups excluding carboxylic acids is 6. The number of piperidine rings is 1. The fourth-order valence-electron chi connectivity index (χ4n) is 12.6. The van der Waals surface area contributed by atoms with Crippen LogP contribution in [0.5, 0.6) is 0 Å². The first-order valence-corrected chi connectivity index (χ1v) is 38.6. The molecule has 1 fully saturated rings. The van der Waals surface area contributed by atoms with Crippen LogP contribution in [0.3, 0.4) is 0 Å². The molecule has 1 aliphatic heterocycles. The molecule has 31 heteroatoms. The van der Waals surface area contributed by atoms with Gasteiger partial charge in [-0.05, 0) is 189 Å². The number of carbonyl (C=O) groups is 6. The van der Waals surface area contributed by atoms with E-state index >= 15 is 0 Å². The zero-order valence-electron chi connectivity index (χ0n) is 66.0. The minimum absolute atomic E-state index is 0.00162. The van der Waals surface area contributed by atoms with Gasteiger partial charge in [-0.25, -0.2) is 9.37 Å². The second-order valence-corrected chi connectivity index (χ2v) is 27.3. The van der Waals surface area contributed by atoms with Crippen LogP contribution in [0.15, 0.2) is 315 Å². The normalized spacial score (nSPS) is 11.8. The zero-order chi connectivity index (χ0) is 85.4. The number of aryl methyl sites for hydroxylation is 2. The highest BCUT2D eigenvalue weighted by atomic mass is 19.1. The van der Waals surface area contributed by atoms with Gasteiger partial charge in [0.15, 0.2) is 10.8 Å². The molecule has 1 atom stereocenters. The fourth-order valence-corrected chi connectivity index (χ4v) is 12.6. The van der Waals surface area contributed by atoms with Gasteiger partial charge in [-0.1, -0.05) is 176 Å². The molecule has 1 aliphatic rings. The number of anilines is 8. The maximum Gasteiger partial charge on any atom is 0.258 e. The van der Waals surface area contributed by atoms with E-state index in [0.29, 0.717) is 56.4 Å². The number of nitrogens with zero attached hydrogens (tertiary/aromatic N) is 15. The van der Waals surface area contributed by atoms with Crippen LogP contribution < -0.4 is 47.4 Å². The minimum atomic E-state index is -0.456. The molecule has 0 saturated carbocycles. The number of nitrogens with one attached hydrogen (secondary N) is 9. The van der Waals surface area contributed by atoms with Gasteiger partial charge in [-0.2, -0.15) is 38.7 Å². The summed E-state index contributed by atoms with van der Waals surface area (Å²) in [6, 6.07) is 90.4. The molecule has 1 saturated heterocycles. The third-order valence-corrected chi connectivity index (χ3v) is 18.8. The van der Waals surface area contributed by atoms with E-state index in [2.05, 4.69) is 122 Å². The zero-order valence-corrected chi connectivity index (χ0v) is 66.0. The molecule has 1 unspecified atom stereocenters. The second-order valence-electron chi connectivity index (χ2n) is 27.3. The molecular formula is C92H76FN24O6+. The van der Waals surface area contributed by atoms with Crippen LogP contribution in [0, 0.1) is 37.5 Å². The van der Waals surface area contributed by atoms with Gasteiger partial charge in [0.05, 0.1) is 35.0 Å². The average molecular weight is 1630 g/mol. The van der Waals surface area contributed by atoms with Gasteiger partial charge in [0.2, 0.25) is 40.4 Å². The Morgan fingerprint density at radius 2 is 0.878 bits per heavy atom. The Balaban J connectivity index is 0.000000134. The number of benzene rings is 11. The summed E-state index contributed by atoms with van der Waals surface area (Å²) in [7, 11) is 0. The van der Waals surface area contributed by atoms with E-state index in [0.717, 1.165) is 76.7 Å². The highest BCUT2D eigenvalue weighted by molar-refractivity contribution is 6.07. The Bertz CT molecular complexity index is 6510. The first-order chi connectivity index (χ1) is 60.1. The molecule has 606 valence electrons. The highest BCUT2D eigenvalue weighted by Crippen LogP contribution is 2.30. The number of halogens is 1. The number of pyridine rings is 1. The summed E-state index contributed by atoms with van der Waals surface area (Å²) in [5.41, 5.74) is 16.2. The molecule has 30 nitrogen and oxygen atoms in total. The smallest absolute Gasteiger partial charge is 0.258 e. The molecular weight excluding hydrogens is 1560 g/mol. The molecule has 6 heterocycles.